The normalized spacial score (nSPS) is 11.9. The van der Waals surface area contributed by atoms with E-state index in [9.17, 15) is 9.59 Å². The largest absolute Gasteiger partial charge is 0.340 e. The van der Waals surface area contributed by atoms with Gasteiger partial charge in [0.15, 0.2) is 0 Å². The highest BCUT2D eigenvalue weighted by molar-refractivity contribution is 6.31. The summed E-state index contributed by atoms with van der Waals surface area (Å²) >= 11 is 5.92. The summed E-state index contributed by atoms with van der Waals surface area (Å²) in [5, 5.41) is 5.97. The molecule has 0 unspecified atom stereocenters. The Bertz CT molecular complexity index is 905. The lowest BCUT2D eigenvalue weighted by Gasteiger charge is -2.17. The molecule has 3 rings (SSSR count). The minimum Gasteiger partial charge on any atom is -0.340 e. The van der Waals surface area contributed by atoms with Gasteiger partial charge in [-0.3, -0.25) is 14.9 Å². The average molecular weight is 371 g/mol. The van der Waals surface area contributed by atoms with Crippen molar-refractivity contribution in [2.45, 2.75) is 25.8 Å². The molecule has 0 saturated heterocycles. The lowest BCUT2D eigenvalue weighted by Crippen LogP contribution is -2.43. The molecule has 2 aromatic carbocycles. The second-order valence-corrected chi connectivity index (χ2v) is 6.35. The topological polar surface area (TPSA) is 86.9 Å². The molecule has 1 aromatic heterocycles. The van der Waals surface area contributed by atoms with Crippen LogP contribution in [0.4, 0.5) is 5.95 Å². The number of nitrogens with one attached hydrogen (secondary N) is 3. The number of hydrogen-bond acceptors (Lipinski definition) is 3. The molecule has 1 atom stereocenters. The maximum absolute atomic E-state index is 12.6. The lowest BCUT2D eigenvalue weighted by molar-refractivity contribution is -0.118. The van der Waals surface area contributed by atoms with E-state index in [1.165, 1.54) is 0 Å². The first-order chi connectivity index (χ1) is 12.6. The molecule has 2 amide bonds. The number of rotatable bonds is 6. The maximum atomic E-state index is 12.6. The zero-order valence-corrected chi connectivity index (χ0v) is 15.0. The Morgan fingerprint density at radius 1 is 1.19 bits per heavy atom. The Hall–Kier alpha value is -2.86. The van der Waals surface area contributed by atoms with Gasteiger partial charge in [0, 0.05) is 10.6 Å². The third kappa shape index (κ3) is 4.21. The number of H-pyrrole nitrogens is 1. The fourth-order valence-electron chi connectivity index (χ4n) is 2.64. The fourth-order valence-corrected chi connectivity index (χ4v) is 2.83. The third-order valence-corrected chi connectivity index (χ3v) is 4.15. The summed E-state index contributed by atoms with van der Waals surface area (Å²) in [6.45, 7) is 1.95. The van der Waals surface area contributed by atoms with Crippen molar-refractivity contribution < 1.29 is 9.59 Å². The van der Waals surface area contributed by atoms with Crippen LogP contribution in [0, 0.1) is 0 Å². The van der Waals surface area contributed by atoms with E-state index in [1.54, 1.807) is 24.3 Å². The van der Waals surface area contributed by atoms with E-state index in [0.717, 1.165) is 17.5 Å². The van der Waals surface area contributed by atoms with E-state index in [0.29, 0.717) is 23.0 Å². The van der Waals surface area contributed by atoms with Crippen molar-refractivity contribution in [2.75, 3.05) is 5.32 Å². The Labute approximate surface area is 156 Å². The smallest absolute Gasteiger partial charge is 0.251 e. The predicted molar refractivity (Wildman–Crippen MR) is 102 cm³/mol. The second kappa shape index (κ2) is 8.01. The molecule has 7 heteroatoms. The summed E-state index contributed by atoms with van der Waals surface area (Å²) in [7, 11) is 0. The van der Waals surface area contributed by atoms with Crippen LogP contribution in [-0.2, 0) is 4.79 Å². The predicted octanol–water partition coefficient (Wildman–Crippen LogP) is 3.75. The van der Waals surface area contributed by atoms with Crippen LogP contribution in [0.1, 0.15) is 30.1 Å². The van der Waals surface area contributed by atoms with E-state index in [2.05, 4.69) is 20.6 Å². The quantitative estimate of drug-likeness (QED) is 0.617. The van der Waals surface area contributed by atoms with Crippen molar-refractivity contribution in [1.82, 2.24) is 15.3 Å². The third-order valence-electron chi connectivity index (χ3n) is 3.92. The van der Waals surface area contributed by atoms with Crippen LogP contribution >= 0.6 is 11.6 Å². The monoisotopic (exact) mass is 370 g/mol. The van der Waals surface area contributed by atoms with Crippen LogP contribution in [0.3, 0.4) is 0 Å². The molecule has 1 heterocycles. The number of nitrogens with zero attached hydrogens (tertiary/aromatic N) is 1. The summed E-state index contributed by atoms with van der Waals surface area (Å²) < 4.78 is 0. The van der Waals surface area contributed by atoms with Gasteiger partial charge in [-0.2, -0.15) is 0 Å². The van der Waals surface area contributed by atoms with Crippen LogP contribution in [0.15, 0.2) is 48.5 Å². The SMILES string of the molecule is CCC[C@@H](NC(=O)c1cccc(Cl)c1)C(=O)Nc1nc2ccccc2[nH]1. The molecule has 0 fully saturated rings. The van der Waals surface area contributed by atoms with E-state index >= 15 is 0 Å². The van der Waals surface area contributed by atoms with Gasteiger partial charge in [-0.05, 0) is 36.8 Å². The highest BCUT2D eigenvalue weighted by Crippen LogP contribution is 2.14. The number of fused-ring (bicyclic) bond motifs is 1. The number of para-hydroxylation sites is 2. The minimum atomic E-state index is -0.667. The van der Waals surface area contributed by atoms with Gasteiger partial charge in [0.05, 0.1) is 11.0 Å². The Morgan fingerprint density at radius 2 is 2.00 bits per heavy atom. The number of halogens is 1. The van der Waals surface area contributed by atoms with E-state index < -0.39 is 6.04 Å². The molecule has 134 valence electrons. The van der Waals surface area contributed by atoms with Crippen molar-refractivity contribution in [3.05, 3.63) is 59.1 Å². The first-order valence-electron chi connectivity index (χ1n) is 8.39. The van der Waals surface area contributed by atoms with Gasteiger partial charge in [-0.15, -0.1) is 0 Å². The molecule has 0 spiro atoms. The van der Waals surface area contributed by atoms with Crippen molar-refractivity contribution in [1.29, 1.82) is 0 Å². The number of carbonyl (C=O) groups excluding carboxylic acids is 2. The Balaban J connectivity index is 1.71. The molecular weight excluding hydrogens is 352 g/mol. The fraction of sp³-hybridized carbons (Fsp3) is 0.211. The first-order valence-corrected chi connectivity index (χ1v) is 8.76. The second-order valence-electron chi connectivity index (χ2n) is 5.92. The van der Waals surface area contributed by atoms with Gasteiger partial charge in [0.25, 0.3) is 5.91 Å². The van der Waals surface area contributed by atoms with Gasteiger partial charge in [0.2, 0.25) is 11.9 Å². The molecule has 26 heavy (non-hydrogen) atoms. The van der Waals surface area contributed by atoms with Gasteiger partial charge in [-0.1, -0.05) is 43.1 Å². The van der Waals surface area contributed by atoms with E-state index in [-0.39, 0.29) is 11.8 Å². The van der Waals surface area contributed by atoms with Crippen LogP contribution in [-0.4, -0.2) is 27.8 Å². The molecule has 3 N–H and O–H groups in total. The number of imidazole rings is 1. The molecule has 3 aromatic rings. The summed E-state index contributed by atoms with van der Waals surface area (Å²) in [4.78, 5) is 32.4. The molecule has 0 aliphatic carbocycles. The Kier molecular flexibility index (Phi) is 5.53. The molecule has 6 nitrogen and oxygen atoms in total. The number of anilines is 1. The number of hydrogen-bond donors (Lipinski definition) is 3. The first kappa shape index (κ1) is 17.9. The summed E-state index contributed by atoms with van der Waals surface area (Å²) in [5.41, 5.74) is 2.01. The standard InChI is InChI=1S/C19H19ClN4O2/c1-2-6-16(21-17(25)12-7-5-8-13(20)11-12)18(26)24-19-22-14-9-3-4-10-15(14)23-19/h3-5,7-11,16H,2,6H2,1H3,(H,21,25)(H2,22,23,24,26)/t16-/m1/s1. The number of aromatic amines is 1. The highest BCUT2D eigenvalue weighted by Gasteiger charge is 2.21. The number of carbonyl (C=O) groups is 2. The van der Waals surface area contributed by atoms with Crippen molar-refractivity contribution in [2.24, 2.45) is 0 Å². The zero-order valence-electron chi connectivity index (χ0n) is 14.3. The van der Waals surface area contributed by atoms with Crippen LogP contribution < -0.4 is 10.6 Å². The summed E-state index contributed by atoms with van der Waals surface area (Å²) in [6, 6.07) is 13.4. The summed E-state index contributed by atoms with van der Waals surface area (Å²) in [5.74, 6) is -0.304. The summed E-state index contributed by atoms with van der Waals surface area (Å²) in [6.07, 6.45) is 1.26. The van der Waals surface area contributed by atoms with Gasteiger partial charge >= 0.3 is 0 Å². The number of benzene rings is 2. The average Bonchev–Trinajstić information content (AvgIpc) is 3.03. The molecule has 0 saturated carbocycles. The minimum absolute atomic E-state index is 0.318. The van der Waals surface area contributed by atoms with E-state index in [1.807, 2.05) is 31.2 Å². The maximum Gasteiger partial charge on any atom is 0.251 e. The zero-order chi connectivity index (χ0) is 18.5. The van der Waals surface area contributed by atoms with Crippen LogP contribution in [0.25, 0.3) is 11.0 Å². The van der Waals surface area contributed by atoms with Gasteiger partial charge in [0.1, 0.15) is 6.04 Å². The van der Waals surface area contributed by atoms with Crippen molar-refractivity contribution >= 4 is 40.4 Å². The van der Waals surface area contributed by atoms with Crippen molar-refractivity contribution in [3.63, 3.8) is 0 Å². The molecule has 0 bridgehead atoms. The number of amides is 2. The Morgan fingerprint density at radius 3 is 2.73 bits per heavy atom. The van der Waals surface area contributed by atoms with E-state index in [4.69, 9.17) is 11.6 Å². The highest BCUT2D eigenvalue weighted by atomic mass is 35.5. The molecule has 0 radical (unpaired) electrons. The lowest BCUT2D eigenvalue weighted by atomic mass is 10.1. The molecule has 0 aliphatic rings. The van der Waals surface area contributed by atoms with Crippen molar-refractivity contribution in [3.8, 4) is 0 Å². The van der Waals surface area contributed by atoms with Gasteiger partial charge < -0.3 is 10.3 Å². The molecular formula is C19H19ClN4O2. The molecule has 0 aliphatic heterocycles. The number of aromatic nitrogens is 2. The van der Waals surface area contributed by atoms with Crippen LogP contribution in [0.5, 0.6) is 0 Å². The van der Waals surface area contributed by atoms with Gasteiger partial charge in [-0.25, -0.2) is 4.98 Å². The van der Waals surface area contributed by atoms with Crippen LogP contribution in [0.2, 0.25) is 5.02 Å².